The lowest BCUT2D eigenvalue weighted by Gasteiger charge is -2.27. The van der Waals surface area contributed by atoms with E-state index in [-0.39, 0.29) is 22.5 Å². The molecule has 1 aromatic rings. The molecule has 0 radical (unpaired) electrons. The van der Waals surface area contributed by atoms with E-state index < -0.39 is 11.3 Å². The molecule has 2 atom stereocenters. The van der Waals surface area contributed by atoms with Crippen molar-refractivity contribution in [3.05, 3.63) is 28.8 Å². The summed E-state index contributed by atoms with van der Waals surface area (Å²) in [6, 6.07) is 4.50. The average Bonchev–Trinajstić information content (AvgIpc) is 2.73. The van der Waals surface area contributed by atoms with Crippen molar-refractivity contribution in [1.29, 1.82) is 0 Å². The van der Waals surface area contributed by atoms with Crippen molar-refractivity contribution < 1.29 is 9.59 Å². The van der Waals surface area contributed by atoms with Crippen molar-refractivity contribution in [3.8, 4) is 0 Å². The van der Waals surface area contributed by atoms with Gasteiger partial charge in [-0.15, -0.1) is 0 Å². The molecular weight excluding hydrogens is 278 g/mol. The monoisotopic (exact) mass is 295 g/mol. The highest BCUT2D eigenvalue weighted by molar-refractivity contribution is 6.34. The van der Waals surface area contributed by atoms with Crippen LogP contribution in [0.2, 0.25) is 5.02 Å². The Morgan fingerprint density at radius 1 is 1.45 bits per heavy atom. The molecule has 1 aliphatic carbocycles. The van der Waals surface area contributed by atoms with Gasteiger partial charge in [0.05, 0.1) is 16.0 Å². The highest BCUT2D eigenvalue weighted by Gasteiger charge is 2.42. The van der Waals surface area contributed by atoms with Crippen LogP contribution in [0.4, 0.5) is 5.69 Å². The summed E-state index contributed by atoms with van der Waals surface area (Å²) in [5, 5.41) is 3.06. The summed E-state index contributed by atoms with van der Waals surface area (Å²) in [7, 11) is 0. The number of primary amides is 1. The van der Waals surface area contributed by atoms with Gasteiger partial charge in [-0.05, 0) is 38.0 Å². The first-order valence-electron chi connectivity index (χ1n) is 6.51. The molecule has 0 saturated heterocycles. The van der Waals surface area contributed by atoms with Crippen molar-refractivity contribution in [2.45, 2.75) is 32.2 Å². The summed E-state index contributed by atoms with van der Waals surface area (Å²) in [6.45, 7) is 1.87. The van der Waals surface area contributed by atoms with Gasteiger partial charge in [-0.1, -0.05) is 18.0 Å². The maximum atomic E-state index is 12.4. The Kier molecular flexibility index (Phi) is 4.01. The van der Waals surface area contributed by atoms with Gasteiger partial charge in [0, 0.05) is 11.7 Å². The molecule has 1 fully saturated rings. The molecule has 108 valence electrons. The van der Waals surface area contributed by atoms with Gasteiger partial charge >= 0.3 is 0 Å². The Hall–Kier alpha value is -1.59. The lowest BCUT2D eigenvalue weighted by atomic mass is 9.84. The Morgan fingerprint density at radius 2 is 2.15 bits per heavy atom. The Labute approximate surface area is 122 Å². The van der Waals surface area contributed by atoms with Crippen LogP contribution >= 0.6 is 11.6 Å². The minimum absolute atomic E-state index is 0.139. The fourth-order valence-electron chi connectivity index (χ4n) is 2.54. The van der Waals surface area contributed by atoms with Crippen LogP contribution in [-0.4, -0.2) is 17.9 Å². The molecule has 20 heavy (non-hydrogen) atoms. The van der Waals surface area contributed by atoms with E-state index in [4.69, 9.17) is 23.1 Å². The van der Waals surface area contributed by atoms with Crippen molar-refractivity contribution in [2.24, 2.45) is 16.9 Å². The molecule has 0 bridgehead atoms. The van der Waals surface area contributed by atoms with Crippen molar-refractivity contribution in [1.82, 2.24) is 0 Å². The maximum absolute atomic E-state index is 12.4. The van der Waals surface area contributed by atoms with E-state index in [1.807, 2.05) is 6.92 Å². The summed E-state index contributed by atoms with van der Waals surface area (Å²) in [5.41, 5.74) is 11.3. The summed E-state index contributed by atoms with van der Waals surface area (Å²) < 4.78 is 0. The van der Waals surface area contributed by atoms with Crippen LogP contribution in [0.1, 0.15) is 36.5 Å². The number of benzene rings is 1. The van der Waals surface area contributed by atoms with Crippen LogP contribution in [0.15, 0.2) is 18.2 Å². The zero-order valence-corrected chi connectivity index (χ0v) is 12.0. The third-order valence-corrected chi connectivity index (χ3v) is 4.37. The number of amides is 2. The average molecular weight is 296 g/mol. The van der Waals surface area contributed by atoms with E-state index in [0.29, 0.717) is 5.69 Å². The van der Waals surface area contributed by atoms with Gasteiger partial charge in [0.2, 0.25) is 11.8 Å². The number of hydrogen-bond acceptors (Lipinski definition) is 3. The molecule has 2 unspecified atom stereocenters. The van der Waals surface area contributed by atoms with Crippen molar-refractivity contribution in [2.75, 3.05) is 5.32 Å². The molecule has 0 aromatic heterocycles. The summed E-state index contributed by atoms with van der Waals surface area (Å²) in [5.74, 6) is -0.768. The second-order valence-corrected chi connectivity index (χ2v) is 5.84. The Bertz CT molecular complexity index is 561. The van der Waals surface area contributed by atoms with Gasteiger partial charge in [-0.2, -0.15) is 0 Å². The number of carbonyl (C=O) groups excluding carboxylic acids is 2. The normalized spacial score (nSPS) is 25.4. The number of anilines is 1. The van der Waals surface area contributed by atoms with Crippen molar-refractivity contribution >= 4 is 29.1 Å². The summed E-state index contributed by atoms with van der Waals surface area (Å²) in [4.78, 5) is 23.6. The van der Waals surface area contributed by atoms with Gasteiger partial charge in [0.1, 0.15) is 0 Å². The molecule has 0 aliphatic heterocycles. The molecule has 6 heteroatoms. The number of nitrogens with one attached hydrogen (secondary N) is 1. The zero-order chi connectivity index (χ0) is 14.9. The van der Waals surface area contributed by atoms with E-state index in [1.54, 1.807) is 6.07 Å². The number of rotatable bonds is 3. The molecule has 0 heterocycles. The van der Waals surface area contributed by atoms with E-state index in [0.717, 1.165) is 19.3 Å². The molecular formula is C14H18ClN3O2. The number of hydrogen-bond donors (Lipinski definition) is 3. The summed E-state index contributed by atoms with van der Waals surface area (Å²) in [6.07, 6.45) is 2.55. The third-order valence-electron chi connectivity index (χ3n) is 4.04. The molecule has 2 amide bonds. The second-order valence-electron chi connectivity index (χ2n) is 5.43. The van der Waals surface area contributed by atoms with Crippen LogP contribution in [0, 0.1) is 5.41 Å². The number of carbonyl (C=O) groups is 2. The van der Waals surface area contributed by atoms with E-state index in [9.17, 15) is 9.59 Å². The maximum Gasteiger partial charge on any atom is 0.250 e. The zero-order valence-electron chi connectivity index (χ0n) is 11.3. The molecule has 5 nitrogen and oxygen atoms in total. The van der Waals surface area contributed by atoms with Crippen LogP contribution in [0.5, 0.6) is 0 Å². The van der Waals surface area contributed by atoms with Gasteiger partial charge in [-0.25, -0.2) is 0 Å². The standard InChI is InChI=1S/C14H18ClN3O2/c1-14(6-2-3-11(14)16)13(20)18-8-4-5-10(15)9(7-8)12(17)19/h4-5,7,11H,2-3,6,16H2,1H3,(H2,17,19)(H,18,20). The minimum Gasteiger partial charge on any atom is -0.366 e. The molecule has 1 saturated carbocycles. The third kappa shape index (κ3) is 2.64. The lowest BCUT2D eigenvalue weighted by Crippen LogP contribution is -2.44. The van der Waals surface area contributed by atoms with Crippen LogP contribution in [-0.2, 0) is 4.79 Å². The molecule has 1 aromatic carbocycles. The fourth-order valence-corrected chi connectivity index (χ4v) is 2.75. The largest absolute Gasteiger partial charge is 0.366 e. The molecule has 2 rings (SSSR count). The highest BCUT2D eigenvalue weighted by Crippen LogP contribution is 2.37. The van der Waals surface area contributed by atoms with Gasteiger partial charge in [0.15, 0.2) is 0 Å². The molecule has 0 spiro atoms. The first-order valence-corrected chi connectivity index (χ1v) is 6.89. The minimum atomic E-state index is -0.630. The van der Waals surface area contributed by atoms with Gasteiger partial charge in [-0.3, -0.25) is 9.59 Å². The smallest absolute Gasteiger partial charge is 0.250 e. The predicted molar refractivity (Wildman–Crippen MR) is 78.5 cm³/mol. The lowest BCUT2D eigenvalue weighted by molar-refractivity contribution is -0.125. The molecule has 5 N–H and O–H groups in total. The van der Waals surface area contributed by atoms with Crippen LogP contribution in [0.3, 0.4) is 0 Å². The summed E-state index contributed by atoms with van der Waals surface area (Å²) >= 11 is 5.87. The van der Waals surface area contributed by atoms with E-state index in [2.05, 4.69) is 5.32 Å². The van der Waals surface area contributed by atoms with Crippen LogP contribution in [0.25, 0.3) is 0 Å². The quantitative estimate of drug-likeness (QED) is 0.794. The molecule has 1 aliphatic rings. The second kappa shape index (κ2) is 5.42. The SMILES string of the molecule is CC1(C(=O)Nc2ccc(Cl)c(C(N)=O)c2)CCCC1N. The number of nitrogens with two attached hydrogens (primary N) is 2. The van der Waals surface area contributed by atoms with Gasteiger partial charge < -0.3 is 16.8 Å². The predicted octanol–water partition coefficient (Wildman–Crippen LogP) is 1.89. The van der Waals surface area contributed by atoms with Gasteiger partial charge in [0.25, 0.3) is 0 Å². The van der Waals surface area contributed by atoms with Crippen LogP contribution < -0.4 is 16.8 Å². The fraction of sp³-hybridized carbons (Fsp3) is 0.429. The van der Waals surface area contributed by atoms with Crippen molar-refractivity contribution in [3.63, 3.8) is 0 Å². The first kappa shape index (κ1) is 14.8. The Balaban J connectivity index is 2.20. The Morgan fingerprint density at radius 3 is 2.70 bits per heavy atom. The highest BCUT2D eigenvalue weighted by atomic mass is 35.5. The van der Waals surface area contributed by atoms with E-state index >= 15 is 0 Å². The number of halogens is 1. The topological polar surface area (TPSA) is 98.2 Å². The first-order chi connectivity index (χ1) is 9.34. The van der Waals surface area contributed by atoms with E-state index in [1.165, 1.54) is 12.1 Å².